The summed E-state index contributed by atoms with van der Waals surface area (Å²) in [5.41, 5.74) is 6.05. The van der Waals surface area contributed by atoms with Gasteiger partial charge in [0.05, 0.1) is 32.6 Å². The predicted octanol–water partition coefficient (Wildman–Crippen LogP) is 5.52. The van der Waals surface area contributed by atoms with Crippen LogP contribution in [-0.2, 0) is 4.74 Å². The third-order valence-electron chi connectivity index (χ3n) is 6.77. The van der Waals surface area contributed by atoms with Crippen molar-refractivity contribution in [3.8, 4) is 22.8 Å². The molecular weight excluding hydrogens is 426 g/mol. The number of ether oxygens (including phenoxy) is 3. The molecule has 1 aromatic heterocycles. The molecule has 1 aliphatic rings. The molecule has 0 unspecified atom stereocenters. The molecule has 1 fully saturated rings. The van der Waals surface area contributed by atoms with Crippen LogP contribution in [0.15, 0.2) is 36.4 Å². The molecule has 0 spiro atoms. The Hall–Kier alpha value is -2.70. The number of nitrogens with zero attached hydrogens (tertiary/aromatic N) is 2. The average Bonchev–Trinajstić information content (AvgIpc) is 3.23. The number of hydrogen-bond acceptors (Lipinski definition) is 5. The van der Waals surface area contributed by atoms with E-state index in [1.807, 2.05) is 6.07 Å². The van der Waals surface area contributed by atoms with Crippen LogP contribution in [0.1, 0.15) is 38.2 Å². The van der Waals surface area contributed by atoms with E-state index >= 15 is 0 Å². The van der Waals surface area contributed by atoms with Gasteiger partial charge >= 0.3 is 0 Å². The number of aromatic amines is 1. The number of benzene rings is 2. The van der Waals surface area contributed by atoms with Crippen molar-refractivity contribution in [3.63, 3.8) is 0 Å². The number of hydrogen-bond donors (Lipinski definition) is 1. The minimum absolute atomic E-state index is 0.370. The largest absolute Gasteiger partial charge is 0.493 e. The smallest absolute Gasteiger partial charge is 0.161 e. The summed E-state index contributed by atoms with van der Waals surface area (Å²) < 4.78 is 17.1. The molecule has 0 bridgehead atoms. The molecule has 0 radical (unpaired) electrons. The number of methoxy groups -OCH3 is 2. The molecule has 2 heterocycles. The first kappa shape index (κ1) is 24.4. The van der Waals surface area contributed by atoms with Gasteiger partial charge in [0.15, 0.2) is 11.5 Å². The van der Waals surface area contributed by atoms with E-state index in [2.05, 4.69) is 73.1 Å². The molecule has 4 rings (SSSR count). The van der Waals surface area contributed by atoms with E-state index in [1.165, 1.54) is 22.2 Å². The van der Waals surface area contributed by atoms with Crippen molar-refractivity contribution in [3.05, 3.63) is 42.0 Å². The summed E-state index contributed by atoms with van der Waals surface area (Å²) in [5.74, 6) is 1.86. The fourth-order valence-corrected chi connectivity index (χ4v) is 4.90. The second kappa shape index (κ2) is 10.7. The van der Waals surface area contributed by atoms with Gasteiger partial charge in [-0.25, -0.2) is 0 Å². The minimum Gasteiger partial charge on any atom is -0.493 e. The lowest BCUT2D eigenvalue weighted by molar-refractivity contribution is 0.0294. The second-order valence-electron chi connectivity index (χ2n) is 9.73. The summed E-state index contributed by atoms with van der Waals surface area (Å²) in [4.78, 5) is 8.35. The lowest BCUT2D eigenvalue weighted by Crippen LogP contribution is -2.37. The Morgan fingerprint density at radius 1 is 1.00 bits per heavy atom. The van der Waals surface area contributed by atoms with Crippen molar-refractivity contribution >= 4 is 16.6 Å². The zero-order valence-electron chi connectivity index (χ0n) is 21.5. The van der Waals surface area contributed by atoms with E-state index in [0.29, 0.717) is 12.0 Å². The van der Waals surface area contributed by atoms with Gasteiger partial charge in [-0.15, -0.1) is 0 Å². The Morgan fingerprint density at radius 2 is 1.74 bits per heavy atom. The number of likely N-dealkylation sites (N-methyl/N-ethyl adjacent to an activating group) is 1. The highest BCUT2D eigenvalue weighted by Crippen LogP contribution is 2.40. The Kier molecular flexibility index (Phi) is 7.69. The molecule has 0 aliphatic carbocycles. The number of anilines is 1. The fraction of sp³-hybridized carbons (Fsp3) is 0.500. The highest BCUT2D eigenvalue weighted by Gasteiger charge is 2.22. The van der Waals surface area contributed by atoms with E-state index in [0.717, 1.165) is 61.8 Å². The second-order valence-corrected chi connectivity index (χ2v) is 9.73. The molecule has 0 amide bonds. The predicted molar refractivity (Wildman–Crippen MR) is 141 cm³/mol. The van der Waals surface area contributed by atoms with Crippen LogP contribution in [0.5, 0.6) is 11.5 Å². The van der Waals surface area contributed by atoms with Crippen LogP contribution in [0.2, 0.25) is 0 Å². The van der Waals surface area contributed by atoms with Gasteiger partial charge in [-0.05, 0) is 74.8 Å². The van der Waals surface area contributed by atoms with E-state index in [9.17, 15) is 0 Å². The lowest BCUT2D eigenvalue weighted by Gasteiger charge is -2.33. The zero-order chi connectivity index (χ0) is 24.2. The molecular formula is C28H39N3O3. The highest BCUT2D eigenvalue weighted by molar-refractivity contribution is 5.93. The van der Waals surface area contributed by atoms with E-state index in [4.69, 9.17) is 14.2 Å². The summed E-state index contributed by atoms with van der Waals surface area (Å²) in [7, 11) is 7.52. The topological polar surface area (TPSA) is 50.0 Å². The normalized spacial score (nSPS) is 15.0. The maximum atomic E-state index is 6.09. The van der Waals surface area contributed by atoms with Gasteiger partial charge < -0.3 is 29.0 Å². The van der Waals surface area contributed by atoms with Crippen LogP contribution in [0.4, 0.5) is 5.69 Å². The Morgan fingerprint density at radius 3 is 2.38 bits per heavy atom. The summed E-state index contributed by atoms with van der Waals surface area (Å²) in [5, 5.41) is 1.29. The van der Waals surface area contributed by atoms with Gasteiger partial charge in [0.1, 0.15) is 0 Å². The molecule has 6 heteroatoms. The molecule has 1 saturated heterocycles. The third kappa shape index (κ3) is 5.18. The SMILES string of the molecule is COc1ccc(-c2[nH]c3ccc(N4CCC(OCCN(C)C)CC4)cc3c2C(C)C)cc1OC. The number of nitrogens with one attached hydrogen (secondary N) is 1. The summed E-state index contributed by atoms with van der Waals surface area (Å²) in [6.45, 7) is 8.37. The van der Waals surface area contributed by atoms with Gasteiger partial charge in [0, 0.05) is 41.8 Å². The molecule has 2 aromatic carbocycles. The van der Waals surface area contributed by atoms with Gasteiger partial charge in [0.2, 0.25) is 0 Å². The Bertz CT molecular complexity index is 1100. The third-order valence-corrected chi connectivity index (χ3v) is 6.77. The monoisotopic (exact) mass is 465 g/mol. The number of H-pyrrole nitrogens is 1. The quantitative estimate of drug-likeness (QED) is 0.451. The van der Waals surface area contributed by atoms with Crippen molar-refractivity contribution < 1.29 is 14.2 Å². The molecule has 1 aliphatic heterocycles. The van der Waals surface area contributed by atoms with E-state index < -0.39 is 0 Å². The highest BCUT2D eigenvalue weighted by atomic mass is 16.5. The maximum absolute atomic E-state index is 6.09. The maximum Gasteiger partial charge on any atom is 0.161 e. The average molecular weight is 466 g/mol. The molecule has 6 nitrogen and oxygen atoms in total. The summed E-state index contributed by atoms with van der Waals surface area (Å²) in [6.07, 6.45) is 2.52. The summed E-state index contributed by atoms with van der Waals surface area (Å²) in [6, 6.07) is 12.9. The standard InChI is InChI=1S/C28H39N3O3/c1-19(2)27-23-18-21(31-13-11-22(12-14-31)34-16-15-30(3)4)8-9-24(23)29-28(27)20-7-10-25(32-5)26(17-20)33-6/h7-10,17-19,22,29H,11-16H2,1-6H3. The van der Waals surface area contributed by atoms with Crippen molar-refractivity contribution in [2.45, 2.75) is 38.7 Å². The van der Waals surface area contributed by atoms with Crippen molar-refractivity contribution in [2.24, 2.45) is 0 Å². The minimum atomic E-state index is 0.370. The van der Waals surface area contributed by atoms with Crippen LogP contribution in [-0.4, -0.2) is 70.5 Å². The molecule has 0 atom stereocenters. The molecule has 34 heavy (non-hydrogen) atoms. The van der Waals surface area contributed by atoms with Crippen molar-refractivity contribution in [1.82, 2.24) is 9.88 Å². The van der Waals surface area contributed by atoms with E-state index in [1.54, 1.807) is 14.2 Å². The molecule has 1 N–H and O–H groups in total. The van der Waals surface area contributed by atoms with Gasteiger partial charge in [-0.2, -0.15) is 0 Å². The lowest BCUT2D eigenvalue weighted by atomic mass is 9.95. The number of piperidine rings is 1. The fourth-order valence-electron chi connectivity index (χ4n) is 4.90. The van der Waals surface area contributed by atoms with Crippen LogP contribution < -0.4 is 14.4 Å². The van der Waals surface area contributed by atoms with Gasteiger partial charge in [-0.3, -0.25) is 0 Å². The van der Waals surface area contributed by atoms with Crippen LogP contribution >= 0.6 is 0 Å². The summed E-state index contributed by atoms with van der Waals surface area (Å²) >= 11 is 0. The number of fused-ring (bicyclic) bond motifs is 1. The van der Waals surface area contributed by atoms with E-state index in [-0.39, 0.29) is 0 Å². The van der Waals surface area contributed by atoms with Crippen LogP contribution in [0.25, 0.3) is 22.2 Å². The molecule has 3 aromatic rings. The van der Waals surface area contributed by atoms with Crippen molar-refractivity contribution in [2.75, 3.05) is 59.5 Å². The first-order chi connectivity index (χ1) is 16.4. The Balaban J connectivity index is 1.58. The Labute approximate surface area is 203 Å². The first-order valence-corrected chi connectivity index (χ1v) is 12.3. The number of rotatable bonds is 9. The van der Waals surface area contributed by atoms with Gasteiger partial charge in [0.25, 0.3) is 0 Å². The molecule has 184 valence electrons. The zero-order valence-corrected chi connectivity index (χ0v) is 21.5. The van der Waals surface area contributed by atoms with Crippen LogP contribution in [0, 0.1) is 0 Å². The first-order valence-electron chi connectivity index (χ1n) is 12.3. The number of aromatic nitrogens is 1. The van der Waals surface area contributed by atoms with Gasteiger partial charge in [-0.1, -0.05) is 13.8 Å². The van der Waals surface area contributed by atoms with Crippen LogP contribution in [0.3, 0.4) is 0 Å². The van der Waals surface area contributed by atoms with Crippen molar-refractivity contribution in [1.29, 1.82) is 0 Å². The molecule has 0 saturated carbocycles.